The van der Waals surface area contributed by atoms with E-state index in [2.05, 4.69) is 9.97 Å². The van der Waals surface area contributed by atoms with Crippen LogP contribution in [0.2, 0.25) is 0 Å². The van der Waals surface area contributed by atoms with E-state index in [-0.39, 0.29) is 23.2 Å². The lowest BCUT2D eigenvalue weighted by Gasteiger charge is -2.31. The highest BCUT2D eigenvalue weighted by atomic mass is 16.5. The highest BCUT2D eigenvalue weighted by molar-refractivity contribution is 5.98. The molecule has 1 aromatic heterocycles. The smallest absolute Gasteiger partial charge is 0.256 e. The quantitative estimate of drug-likeness (QED) is 0.665. The van der Waals surface area contributed by atoms with E-state index in [1.807, 2.05) is 4.90 Å². The van der Waals surface area contributed by atoms with Gasteiger partial charge in [-0.3, -0.25) is 14.4 Å². The van der Waals surface area contributed by atoms with Crippen molar-refractivity contribution in [3.8, 4) is 5.75 Å². The van der Waals surface area contributed by atoms with Gasteiger partial charge in [0.2, 0.25) is 5.91 Å². The number of aromatic nitrogens is 2. The molecular formula is C24H29N3O5. The largest absolute Gasteiger partial charge is 0.497 e. The summed E-state index contributed by atoms with van der Waals surface area (Å²) in [5.74, 6) is 1.53. The zero-order valence-electron chi connectivity index (χ0n) is 18.4. The van der Waals surface area contributed by atoms with Crippen molar-refractivity contribution in [1.82, 2.24) is 14.9 Å². The lowest BCUT2D eigenvalue weighted by Crippen LogP contribution is -2.40. The van der Waals surface area contributed by atoms with Crippen LogP contribution in [0.15, 0.2) is 29.1 Å². The zero-order chi connectivity index (χ0) is 22.5. The van der Waals surface area contributed by atoms with E-state index >= 15 is 0 Å². The first-order valence-corrected chi connectivity index (χ1v) is 11.2. The number of benzene rings is 1. The molecule has 1 aromatic carbocycles. The summed E-state index contributed by atoms with van der Waals surface area (Å²) in [6.07, 6.45) is 3.59. The van der Waals surface area contributed by atoms with Gasteiger partial charge in [0, 0.05) is 43.8 Å². The van der Waals surface area contributed by atoms with Gasteiger partial charge in [0.1, 0.15) is 11.6 Å². The van der Waals surface area contributed by atoms with Crippen molar-refractivity contribution >= 4 is 11.7 Å². The van der Waals surface area contributed by atoms with Crippen LogP contribution in [-0.2, 0) is 29.0 Å². The Bertz CT molecular complexity index is 1020. The van der Waals surface area contributed by atoms with E-state index in [9.17, 15) is 14.4 Å². The summed E-state index contributed by atoms with van der Waals surface area (Å²) in [5.41, 5.74) is 1.97. The summed E-state index contributed by atoms with van der Waals surface area (Å²) >= 11 is 0. The maximum Gasteiger partial charge on any atom is 0.256 e. The fourth-order valence-electron chi connectivity index (χ4n) is 4.36. The van der Waals surface area contributed by atoms with Crippen molar-refractivity contribution < 1.29 is 19.1 Å². The molecule has 2 aliphatic rings. The maximum atomic E-state index is 12.7. The molecule has 2 aromatic rings. The van der Waals surface area contributed by atoms with E-state index in [0.29, 0.717) is 81.8 Å². The second kappa shape index (κ2) is 10.1. The number of piperidine rings is 1. The number of hydrogen-bond donors (Lipinski definition) is 1. The highest BCUT2D eigenvalue weighted by Gasteiger charge is 2.27. The fraction of sp³-hybridized carbons (Fsp3) is 0.500. The fourth-order valence-corrected chi connectivity index (χ4v) is 4.36. The van der Waals surface area contributed by atoms with Crippen LogP contribution < -0.4 is 10.3 Å². The molecule has 4 rings (SSSR count). The van der Waals surface area contributed by atoms with Crippen molar-refractivity contribution in [3.05, 3.63) is 57.3 Å². The standard InChI is InChI=1S/C24H29N3O5/c1-31-18-7-5-16(6-8-18)23(29)17-9-12-27(13-10-17)22(28)4-2-3-21-25-20-11-14-32-15-19(20)24(30)26-21/h5-8,17H,2-4,9-15H2,1H3,(H,25,26,30). The van der Waals surface area contributed by atoms with E-state index in [1.54, 1.807) is 31.4 Å². The number of aryl methyl sites for hydroxylation is 1. The number of methoxy groups -OCH3 is 1. The van der Waals surface area contributed by atoms with Crippen LogP contribution in [0.25, 0.3) is 0 Å². The maximum absolute atomic E-state index is 12.7. The van der Waals surface area contributed by atoms with Crippen molar-refractivity contribution in [2.24, 2.45) is 5.92 Å². The monoisotopic (exact) mass is 439 g/mol. The number of nitrogens with one attached hydrogen (secondary N) is 1. The summed E-state index contributed by atoms with van der Waals surface area (Å²) < 4.78 is 10.5. The molecule has 0 atom stereocenters. The minimum absolute atomic E-state index is 0.0544. The van der Waals surface area contributed by atoms with Gasteiger partial charge in [-0.15, -0.1) is 0 Å². The molecular weight excluding hydrogens is 410 g/mol. The molecule has 1 amide bonds. The number of carbonyl (C=O) groups excluding carboxylic acids is 2. The Kier molecular flexibility index (Phi) is 6.99. The molecule has 8 nitrogen and oxygen atoms in total. The van der Waals surface area contributed by atoms with Crippen molar-refractivity contribution in [3.63, 3.8) is 0 Å². The first kappa shape index (κ1) is 22.2. The van der Waals surface area contributed by atoms with Gasteiger partial charge in [-0.05, 0) is 43.5 Å². The van der Waals surface area contributed by atoms with Crippen molar-refractivity contribution in [2.75, 3.05) is 26.8 Å². The lowest BCUT2D eigenvalue weighted by molar-refractivity contribution is -0.132. The molecule has 0 aliphatic carbocycles. The average molecular weight is 440 g/mol. The van der Waals surface area contributed by atoms with E-state index < -0.39 is 0 Å². The first-order valence-electron chi connectivity index (χ1n) is 11.2. The van der Waals surface area contributed by atoms with Crippen molar-refractivity contribution in [1.29, 1.82) is 0 Å². The van der Waals surface area contributed by atoms with Crippen molar-refractivity contribution in [2.45, 2.75) is 45.1 Å². The number of hydrogen-bond acceptors (Lipinski definition) is 6. The van der Waals surface area contributed by atoms with Gasteiger partial charge in [-0.25, -0.2) is 4.98 Å². The minimum atomic E-state index is -0.139. The number of aromatic amines is 1. The molecule has 8 heteroatoms. The number of likely N-dealkylation sites (tertiary alicyclic amines) is 1. The van der Waals surface area contributed by atoms with E-state index in [0.717, 1.165) is 11.4 Å². The summed E-state index contributed by atoms with van der Waals surface area (Å²) in [4.78, 5) is 46.7. The van der Waals surface area contributed by atoms with Crippen LogP contribution in [0.5, 0.6) is 5.75 Å². The second-order valence-electron chi connectivity index (χ2n) is 8.34. The third-order valence-electron chi connectivity index (χ3n) is 6.28. The van der Waals surface area contributed by atoms with Crippen LogP contribution in [-0.4, -0.2) is 53.4 Å². The van der Waals surface area contributed by atoms with Gasteiger partial charge in [0.15, 0.2) is 5.78 Å². The topological polar surface area (TPSA) is 102 Å². The van der Waals surface area contributed by atoms with Crippen LogP contribution in [0, 0.1) is 5.92 Å². The van der Waals surface area contributed by atoms with E-state index in [4.69, 9.17) is 9.47 Å². The average Bonchev–Trinajstić information content (AvgIpc) is 2.84. The molecule has 3 heterocycles. The number of ether oxygens (including phenoxy) is 2. The predicted octanol–water partition coefficient (Wildman–Crippen LogP) is 2.30. The Labute approximate surface area is 186 Å². The third-order valence-corrected chi connectivity index (χ3v) is 6.28. The van der Waals surface area contributed by atoms with Gasteiger partial charge in [0.05, 0.1) is 31.6 Å². The van der Waals surface area contributed by atoms with Crippen LogP contribution >= 0.6 is 0 Å². The van der Waals surface area contributed by atoms with Gasteiger partial charge >= 0.3 is 0 Å². The summed E-state index contributed by atoms with van der Waals surface area (Å²) in [5, 5.41) is 0. The zero-order valence-corrected chi connectivity index (χ0v) is 18.4. The number of fused-ring (bicyclic) bond motifs is 1. The molecule has 0 bridgehead atoms. The number of Topliss-reactive ketones (excluding diaryl/α,β-unsaturated/α-hetero) is 1. The molecule has 0 unspecified atom stereocenters. The summed E-state index contributed by atoms with van der Waals surface area (Å²) in [7, 11) is 1.60. The Morgan fingerprint density at radius 3 is 2.69 bits per heavy atom. The minimum Gasteiger partial charge on any atom is -0.497 e. The molecule has 0 saturated carbocycles. The Balaban J connectivity index is 1.24. The van der Waals surface area contributed by atoms with Gasteiger partial charge in [-0.1, -0.05) is 0 Å². The van der Waals surface area contributed by atoms with Gasteiger partial charge in [0.25, 0.3) is 5.56 Å². The Morgan fingerprint density at radius 2 is 1.97 bits per heavy atom. The number of ketones is 1. The number of amides is 1. The van der Waals surface area contributed by atoms with Crippen LogP contribution in [0.1, 0.15) is 53.1 Å². The molecule has 32 heavy (non-hydrogen) atoms. The highest BCUT2D eigenvalue weighted by Crippen LogP contribution is 2.24. The predicted molar refractivity (Wildman–Crippen MR) is 118 cm³/mol. The van der Waals surface area contributed by atoms with Crippen LogP contribution in [0.3, 0.4) is 0 Å². The van der Waals surface area contributed by atoms with Gasteiger partial charge < -0.3 is 19.4 Å². The third kappa shape index (κ3) is 5.07. The Hall–Kier alpha value is -3.00. The number of carbonyl (C=O) groups is 2. The second-order valence-corrected chi connectivity index (χ2v) is 8.34. The molecule has 1 fully saturated rings. The SMILES string of the molecule is COc1ccc(C(=O)C2CCN(C(=O)CCCc3nc4c(c(=O)[nH]3)COCC4)CC2)cc1. The first-order chi connectivity index (χ1) is 15.5. The molecule has 170 valence electrons. The normalized spacial score (nSPS) is 16.5. The number of rotatable bonds is 7. The molecule has 1 saturated heterocycles. The molecule has 2 aliphatic heterocycles. The lowest BCUT2D eigenvalue weighted by atomic mass is 9.88. The molecule has 0 spiro atoms. The molecule has 0 radical (unpaired) electrons. The van der Waals surface area contributed by atoms with Gasteiger partial charge in [-0.2, -0.15) is 0 Å². The van der Waals surface area contributed by atoms with Crippen LogP contribution in [0.4, 0.5) is 0 Å². The Morgan fingerprint density at radius 1 is 1.22 bits per heavy atom. The van der Waals surface area contributed by atoms with E-state index in [1.165, 1.54) is 0 Å². The number of H-pyrrole nitrogens is 1. The summed E-state index contributed by atoms with van der Waals surface area (Å²) in [6.45, 7) is 2.09. The summed E-state index contributed by atoms with van der Waals surface area (Å²) in [6, 6.07) is 7.18. The number of nitrogens with zero attached hydrogens (tertiary/aromatic N) is 2. The molecule has 1 N–H and O–H groups in total.